The van der Waals surface area contributed by atoms with Gasteiger partial charge in [-0.25, -0.2) is 0 Å². The van der Waals surface area contributed by atoms with Gasteiger partial charge in [-0.2, -0.15) is 0 Å². The van der Waals surface area contributed by atoms with Gasteiger partial charge in [0.25, 0.3) is 0 Å². The van der Waals surface area contributed by atoms with Crippen molar-refractivity contribution in [1.82, 2.24) is 4.90 Å². The van der Waals surface area contributed by atoms with E-state index in [0.29, 0.717) is 0 Å². The van der Waals surface area contributed by atoms with Crippen LogP contribution in [0.3, 0.4) is 0 Å². The fourth-order valence-electron chi connectivity index (χ4n) is 1.95. The van der Waals surface area contributed by atoms with Gasteiger partial charge in [0, 0.05) is 17.6 Å². The molecule has 3 heteroatoms. The summed E-state index contributed by atoms with van der Waals surface area (Å²) in [6.07, 6.45) is 1.11. The predicted octanol–water partition coefficient (Wildman–Crippen LogP) is 3.26. The quantitative estimate of drug-likeness (QED) is 0.873. The summed E-state index contributed by atoms with van der Waals surface area (Å²) in [7, 11) is 2.16. The summed E-state index contributed by atoms with van der Waals surface area (Å²) in [5.41, 5.74) is 7.40. The monoisotopic (exact) mass is 298 g/mol. The summed E-state index contributed by atoms with van der Waals surface area (Å²) in [4.78, 5) is 2.34. The Bertz CT molecular complexity index is 348. The first-order chi connectivity index (χ1) is 8.00. The van der Waals surface area contributed by atoms with Gasteiger partial charge in [0.15, 0.2) is 0 Å². The van der Waals surface area contributed by atoms with Gasteiger partial charge in [-0.3, -0.25) is 0 Å². The molecule has 1 rings (SSSR count). The number of nitrogens with zero attached hydrogens (tertiary/aromatic N) is 1. The van der Waals surface area contributed by atoms with Gasteiger partial charge in [-0.05, 0) is 37.1 Å². The molecule has 96 valence electrons. The molecule has 0 saturated heterocycles. The Morgan fingerprint density at radius 1 is 1.35 bits per heavy atom. The van der Waals surface area contributed by atoms with E-state index in [1.807, 2.05) is 6.07 Å². The van der Waals surface area contributed by atoms with Crippen molar-refractivity contribution in [2.75, 3.05) is 20.1 Å². The van der Waals surface area contributed by atoms with Crippen LogP contribution in [-0.4, -0.2) is 25.0 Å². The summed E-state index contributed by atoms with van der Waals surface area (Å²) in [5.74, 6) is 0. The minimum absolute atomic E-state index is 0.218. The predicted molar refractivity (Wildman–Crippen MR) is 77.9 cm³/mol. The normalized spacial score (nSPS) is 14.9. The Morgan fingerprint density at radius 2 is 2.00 bits per heavy atom. The average Bonchev–Trinajstić information content (AvgIpc) is 2.32. The van der Waals surface area contributed by atoms with Crippen LogP contribution >= 0.6 is 15.9 Å². The van der Waals surface area contributed by atoms with E-state index >= 15 is 0 Å². The second-order valence-electron chi connectivity index (χ2n) is 5.13. The van der Waals surface area contributed by atoms with Crippen molar-refractivity contribution in [2.24, 2.45) is 11.1 Å². The third-order valence-electron chi connectivity index (χ3n) is 3.40. The zero-order chi connectivity index (χ0) is 12.9. The molecule has 0 saturated carbocycles. The van der Waals surface area contributed by atoms with E-state index < -0.39 is 0 Å². The average molecular weight is 299 g/mol. The van der Waals surface area contributed by atoms with Crippen LogP contribution in [0.25, 0.3) is 0 Å². The molecule has 0 bridgehead atoms. The highest BCUT2D eigenvalue weighted by Gasteiger charge is 2.22. The van der Waals surface area contributed by atoms with Gasteiger partial charge in [-0.1, -0.05) is 48.0 Å². The molecule has 2 nitrogen and oxygen atoms in total. The van der Waals surface area contributed by atoms with Gasteiger partial charge in [0.2, 0.25) is 0 Å². The third-order valence-corrected chi connectivity index (χ3v) is 4.17. The van der Waals surface area contributed by atoms with E-state index in [1.54, 1.807) is 0 Å². The van der Waals surface area contributed by atoms with Crippen LogP contribution in [-0.2, 0) is 6.54 Å². The maximum absolute atomic E-state index is 5.85. The molecule has 0 aliphatic heterocycles. The van der Waals surface area contributed by atoms with Crippen LogP contribution < -0.4 is 5.73 Å². The molecule has 1 aromatic carbocycles. The summed E-state index contributed by atoms with van der Waals surface area (Å²) in [6, 6.07) is 8.37. The highest BCUT2D eigenvalue weighted by atomic mass is 79.9. The molecule has 0 aliphatic carbocycles. The fourth-order valence-corrected chi connectivity index (χ4v) is 2.36. The Kier molecular flexibility index (Phi) is 5.63. The molecule has 2 N–H and O–H groups in total. The first-order valence-corrected chi connectivity index (χ1v) is 6.92. The van der Waals surface area contributed by atoms with E-state index in [9.17, 15) is 0 Å². The van der Waals surface area contributed by atoms with Gasteiger partial charge >= 0.3 is 0 Å². The van der Waals surface area contributed by atoms with Gasteiger partial charge in [-0.15, -0.1) is 0 Å². The SMILES string of the molecule is CCC(C)(CN)CN(C)Cc1ccccc1Br. The molecular weight excluding hydrogens is 276 g/mol. The Hall–Kier alpha value is -0.380. The van der Waals surface area contributed by atoms with Crippen molar-refractivity contribution in [3.63, 3.8) is 0 Å². The highest BCUT2D eigenvalue weighted by Crippen LogP contribution is 2.23. The summed E-state index contributed by atoms with van der Waals surface area (Å²) in [5, 5.41) is 0. The number of nitrogens with two attached hydrogens (primary N) is 1. The standard InChI is InChI=1S/C14H23BrN2/c1-4-14(2,10-16)11-17(3)9-12-7-5-6-8-13(12)15/h5-8H,4,9-11,16H2,1-3H3. The molecule has 0 spiro atoms. The van der Waals surface area contributed by atoms with Gasteiger partial charge in [0.05, 0.1) is 0 Å². The zero-order valence-corrected chi connectivity index (χ0v) is 12.6. The van der Waals surface area contributed by atoms with Gasteiger partial charge < -0.3 is 10.6 Å². The maximum Gasteiger partial charge on any atom is 0.0242 e. The molecule has 0 aromatic heterocycles. The molecule has 1 aromatic rings. The van der Waals surface area contributed by atoms with E-state index in [1.165, 1.54) is 10.0 Å². The number of rotatable bonds is 6. The lowest BCUT2D eigenvalue weighted by Gasteiger charge is -2.32. The maximum atomic E-state index is 5.85. The molecule has 0 amide bonds. The van der Waals surface area contributed by atoms with Gasteiger partial charge in [0.1, 0.15) is 0 Å². The Labute approximate surface area is 113 Å². The van der Waals surface area contributed by atoms with Crippen LogP contribution in [0.4, 0.5) is 0 Å². The molecule has 17 heavy (non-hydrogen) atoms. The van der Waals surface area contributed by atoms with Crippen molar-refractivity contribution in [3.05, 3.63) is 34.3 Å². The van der Waals surface area contributed by atoms with Crippen LogP contribution in [0, 0.1) is 5.41 Å². The van der Waals surface area contributed by atoms with Crippen molar-refractivity contribution < 1.29 is 0 Å². The Balaban J connectivity index is 2.61. The first kappa shape index (κ1) is 14.7. The van der Waals surface area contributed by atoms with E-state index in [4.69, 9.17) is 5.73 Å². The smallest absolute Gasteiger partial charge is 0.0242 e. The second kappa shape index (κ2) is 6.53. The van der Waals surface area contributed by atoms with Crippen molar-refractivity contribution >= 4 is 15.9 Å². The van der Waals surface area contributed by atoms with Crippen LogP contribution in [0.1, 0.15) is 25.8 Å². The number of hydrogen-bond acceptors (Lipinski definition) is 2. The summed E-state index contributed by atoms with van der Waals surface area (Å²) in [6.45, 7) is 7.19. The van der Waals surface area contributed by atoms with E-state index in [0.717, 1.165) is 26.1 Å². The lowest BCUT2D eigenvalue weighted by Crippen LogP contribution is -2.38. The minimum atomic E-state index is 0.218. The molecule has 1 atom stereocenters. The lowest BCUT2D eigenvalue weighted by molar-refractivity contribution is 0.186. The van der Waals surface area contributed by atoms with Crippen molar-refractivity contribution in [3.8, 4) is 0 Å². The second-order valence-corrected chi connectivity index (χ2v) is 5.99. The van der Waals surface area contributed by atoms with Crippen molar-refractivity contribution in [2.45, 2.75) is 26.8 Å². The largest absolute Gasteiger partial charge is 0.330 e. The molecular formula is C14H23BrN2. The van der Waals surface area contributed by atoms with E-state index in [2.05, 4.69) is 59.9 Å². The van der Waals surface area contributed by atoms with E-state index in [-0.39, 0.29) is 5.41 Å². The number of benzene rings is 1. The summed E-state index contributed by atoms with van der Waals surface area (Å²) < 4.78 is 1.18. The summed E-state index contributed by atoms with van der Waals surface area (Å²) >= 11 is 3.59. The first-order valence-electron chi connectivity index (χ1n) is 6.13. The highest BCUT2D eigenvalue weighted by molar-refractivity contribution is 9.10. The third kappa shape index (κ3) is 4.41. The number of hydrogen-bond donors (Lipinski definition) is 1. The molecule has 0 aliphatic rings. The fraction of sp³-hybridized carbons (Fsp3) is 0.571. The topological polar surface area (TPSA) is 29.3 Å². The molecule has 0 fully saturated rings. The number of halogens is 1. The lowest BCUT2D eigenvalue weighted by atomic mass is 9.87. The molecule has 0 radical (unpaired) electrons. The van der Waals surface area contributed by atoms with Crippen LogP contribution in [0.5, 0.6) is 0 Å². The van der Waals surface area contributed by atoms with Crippen LogP contribution in [0.15, 0.2) is 28.7 Å². The molecule has 1 unspecified atom stereocenters. The minimum Gasteiger partial charge on any atom is -0.330 e. The van der Waals surface area contributed by atoms with Crippen molar-refractivity contribution in [1.29, 1.82) is 0 Å². The van der Waals surface area contributed by atoms with Crippen LogP contribution in [0.2, 0.25) is 0 Å². The Morgan fingerprint density at radius 3 is 2.53 bits per heavy atom. The molecule has 0 heterocycles. The zero-order valence-electron chi connectivity index (χ0n) is 11.0.